The van der Waals surface area contributed by atoms with Crippen molar-refractivity contribution < 1.29 is 14.6 Å². The van der Waals surface area contributed by atoms with Crippen molar-refractivity contribution in [1.29, 1.82) is 0 Å². The van der Waals surface area contributed by atoms with Gasteiger partial charge in [0, 0.05) is 5.56 Å². The second kappa shape index (κ2) is 4.58. The van der Waals surface area contributed by atoms with E-state index in [1.54, 1.807) is 13.2 Å². The van der Waals surface area contributed by atoms with Crippen LogP contribution in [0.5, 0.6) is 11.5 Å². The summed E-state index contributed by atoms with van der Waals surface area (Å²) >= 11 is 0. The first-order chi connectivity index (χ1) is 7.72. The van der Waals surface area contributed by atoms with E-state index in [1.807, 2.05) is 19.1 Å². The highest BCUT2D eigenvalue weighted by molar-refractivity contribution is 5.46. The number of benzene rings is 1. The maximum Gasteiger partial charge on any atom is 0.163 e. The first-order valence-corrected chi connectivity index (χ1v) is 5.35. The van der Waals surface area contributed by atoms with Gasteiger partial charge in [-0.15, -0.1) is 0 Å². The first-order valence-electron chi connectivity index (χ1n) is 5.35. The fraction of sp³-hybridized carbons (Fsp3) is 0.385. The van der Waals surface area contributed by atoms with Crippen LogP contribution in [0.1, 0.15) is 25.0 Å². The van der Waals surface area contributed by atoms with Crippen molar-refractivity contribution in [3.05, 3.63) is 35.4 Å². The summed E-state index contributed by atoms with van der Waals surface area (Å²) in [6.45, 7) is 2.67. The quantitative estimate of drug-likeness (QED) is 0.779. The summed E-state index contributed by atoms with van der Waals surface area (Å²) in [6, 6.07) is 5.47. The van der Waals surface area contributed by atoms with Crippen LogP contribution in [0.4, 0.5) is 0 Å². The Morgan fingerprint density at radius 3 is 2.88 bits per heavy atom. The van der Waals surface area contributed by atoms with Gasteiger partial charge < -0.3 is 14.6 Å². The molecule has 1 unspecified atom stereocenters. The lowest BCUT2D eigenvalue weighted by Crippen LogP contribution is -2.10. The number of phenols is 1. The third kappa shape index (κ3) is 2.04. The lowest BCUT2D eigenvalue weighted by atomic mass is 10.0. The summed E-state index contributed by atoms with van der Waals surface area (Å²) in [5.74, 6) is 0.676. The number of hydrogen-bond donors (Lipinski definition) is 1. The van der Waals surface area contributed by atoms with Gasteiger partial charge in [0.15, 0.2) is 11.5 Å². The summed E-state index contributed by atoms with van der Waals surface area (Å²) in [5.41, 5.74) is 2.03. The molecule has 1 atom stereocenters. The molecule has 1 aromatic rings. The Labute approximate surface area is 95.3 Å². The minimum Gasteiger partial charge on any atom is -0.504 e. The Morgan fingerprint density at radius 1 is 1.44 bits per heavy atom. The summed E-state index contributed by atoms with van der Waals surface area (Å²) in [5, 5.41) is 9.98. The van der Waals surface area contributed by atoms with Gasteiger partial charge in [0.05, 0.1) is 19.8 Å². The van der Waals surface area contributed by atoms with Gasteiger partial charge in [0.2, 0.25) is 0 Å². The predicted molar refractivity (Wildman–Crippen MR) is 61.7 cm³/mol. The van der Waals surface area contributed by atoms with Crippen molar-refractivity contribution in [1.82, 2.24) is 0 Å². The van der Waals surface area contributed by atoms with Crippen molar-refractivity contribution in [3.8, 4) is 11.5 Å². The van der Waals surface area contributed by atoms with E-state index in [0.717, 1.165) is 12.0 Å². The smallest absolute Gasteiger partial charge is 0.163 e. The first kappa shape index (κ1) is 11.0. The third-order valence-corrected chi connectivity index (χ3v) is 2.79. The zero-order valence-corrected chi connectivity index (χ0v) is 9.56. The topological polar surface area (TPSA) is 38.7 Å². The zero-order valence-electron chi connectivity index (χ0n) is 9.56. The van der Waals surface area contributed by atoms with Crippen LogP contribution in [0.2, 0.25) is 0 Å². The van der Waals surface area contributed by atoms with Crippen LogP contribution in [-0.4, -0.2) is 18.8 Å². The molecule has 3 nitrogen and oxygen atoms in total. The number of para-hydroxylation sites is 1. The van der Waals surface area contributed by atoms with E-state index < -0.39 is 0 Å². The monoisotopic (exact) mass is 220 g/mol. The summed E-state index contributed by atoms with van der Waals surface area (Å²) in [6.07, 6.45) is 2.87. The van der Waals surface area contributed by atoms with E-state index >= 15 is 0 Å². The molecule has 1 aliphatic rings. The number of ether oxygens (including phenoxy) is 2. The molecule has 1 aromatic carbocycles. The molecular weight excluding hydrogens is 204 g/mol. The predicted octanol–water partition coefficient (Wildman–Crippen LogP) is 2.81. The lowest BCUT2D eigenvalue weighted by Gasteiger charge is -2.23. The van der Waals surface area contributed by atoms with Crippen LogP contribution in [-0.2, 0) is 4.74 Å². The molecule has 1 heterocycles. The van der Waals surface area contributed by atoms with Crippen molar-refractivity contribution in [3.63, 3.8) is 0 Å². The van der Waals surface area contributed by atoms with Gasteiger partial charge >= 0.3 is 0 Å². The second-order valence-corrected chi connectivity index (χ2v) is 3.98. The Morgan fingerprint density at radius 2 is 2.25 bits per heavy atom. The second-order valence-electron chi connectivity index (χ2n) is 3.98. The highest BCUT2D eigenvalue weighted by Gasteiger charge is 2.20. The summed E-state index contributed by atoms with van der Waals surface area (Å²) in [4.78, 5) is 0. The van der Waals surface area contributed by atoms with E-state index in [1.165, 1.54) is 5.57 Å². The fourth-order valence-electron chi connectivity index (χ4n) is 1.85. The molecule has 1 N–H and O–H groups in total. The van der Waals surface area contributed by atoms with Crippen molar-refractivity contribution >= 4 is 0 Å². The van der Waals surface area contributed by atoms with E-state index in [2.05, 4.69) is 6.08 Å². The van der Waals surface area contributed by atoms with Gasteiger partial charge in [-0.1, -0.05) is 23.8 Å². The number of methoxy groups -OCH3 is 1. The molecule has 0 aromatic heterocycles. The molecule has 3 heteroatoms. The van der Waals surface area contributed by atoms with Crippen LogP contribution in [0.25, 0.3) is 0 Å². The largest absolute Gasteiger partial charge is 0.504 e. The zero-order chi connectivity index (χ0) is 11.5. The van der Waals surface area contributed by atoms with Gasteiger partial charge in [-0.3, -0.25) is 0 Å². The maximum absolute atomic E-state index is 9.98. The SMILES string of the molecule is COc1cccc(C2CC=C(C)CO2)c1O. The Kier molecular flexibility index (Phi) is 3.15. The van der Waals surface area contributed by atoms with E-state index in [0.29, 0.717) is 12.4 Å². The Bertz CT molecular complexity index is 410. The minimum absolute atomic E-state index is 0.0706. The molecule has 0 aliphatic carbocycles. The molecule has 0 bridgehead atoms. The molecule has 0 amide bonds. The van der Waals surface area contributed by atoms with Gasteiger partial charge in [-0.2, -0.15) is 0 Å². The highest BCUT2D eigenvalue weighted by Crippen LogP contribution is 2.37. The van der Waals surface area contributed by atoms with Crippen LogP contribution in [0.15, 0.2) is 29.8 Å². The molecular formula is C13H16O3. The van der Waals surface area contributed by atoms with Crippen LogP contribution in [0, 0.1) is 0 Å². The van der Waals surface area contributed by atoms with E-state index in [-0.39, 0.29) is 11.9 Å². The number of rotatable bonds is 2. The Balaban J connectivity index is 2.27. The molecule has 0 fully saturated rings. The number of phenolic OH excluding ortho intramolecular Hbond substituents is 1. The fourth-order valence-corrected chi connectivity index (χ4v) is 1.85. The molecule has 0 radical (unpaired) electrons. The molecule has 1 aliphatic heterocycles. The Hall–Kier alpha value is -1.48. The molecule has 16 heavy (non-hydrogen) atoms. The molecule has 0 saturated heterocycles. The standard InChI is InChI=1S/C13H16O3/c1-9-6-7-11(16-8-9)10-4-3-5-12(15-2)13(10)14/h3-6,11,14H,7-8H2,1-2H3. The maximum atomic E-state index is 9.98. The highest BCUT2D eigenvalue weighted by atomic mass is 16.5. The van der Waals surface area contributed by atoms with Gasteiger partial charge in [0.25, 0.3) is 0 Å². The van der Waals surface area contributed by atoms with Crippen LogP contribution >= 0.6 is 0 Å². The average Bonchev–Trinajstić information content (AvgIpc) is 2.31. The van der Waals surface area contributed by atoms with Crippen LogP contribution in [0.3, 0.4) is 0 Å². The van der Waals surface area contributed by atoms with E-state index in [4.69, 9.17) is 9.47 Å². The normalized spacial score (nSPS) is 20.4. The number of hydrogen-bond acceptors (Lipinski definition) is 3. The molecule has 2 rings (SSSR count). The van der Waals surface area contributed by atoms with Gasteiger partial charge in [-0.05, 0) is 19.4 Å². The average molecular weight is 220 g/mol. The van der Waals surface area contributed by atoms with Crippen LogP contribution < -0.4 is 4.74 Å². The lowest BCUT2D eigenvalue weighted by molar-refractivity contribution is 0.0597. The van der Waals surface area contributed by atoms with Gasteiger partial charge in [0.1, 0.15) is 0 Å². The van der Waals surface area contributed by atoms with Crippen molar-refractivity contribution in [2.24, 2.45) is 0 Å². The van der Waals surface area contributed by atoms with Crippen molar-refractivity contribution in [2.75, 3.05) is 13.7 Å². The van der Waals surface area contributed by atoms with Gasteiger partial charge in [-0.25, -0.2) is 0 Å². The minimum atomic E-state index is -0.0706. The van der Waals surface area contributed by atoms with Crippen molar-refractivity contribution in [2.45, 2.75) is 19.4 Å². The molecule has 86 valence electrons. The summed E-state index contributed by atoms with van der Waals surface area (Å²) < 4.78 is 10.7. The number of aromatic hydroxyl groups is 1. The third-order valence-electron chi connectivity index (χ3n) is 2.79. The molecule has 0 saturated carbocycles. The summed E-state index contributed by atoms with van der Waals surface area (Å²) in [7, 11) is 1.55. The molecule has 0 spiro atoms. The van der Waals surface area contributed by atoms with E-state index in [9.17, 15) is 5.11 Å².